The van der Waals surface area contributed by atoms with Gasteiger partial charge in [-0.3, -0.25) is 4.79 Å². The molecule has 0 aliphatic carbocycles. The largest absolute Gasteiger partial charge is 0.397 e. The van der Waals surface area contributed by atoms with Crippen molar-refractivity contribution < 1.29 is 14.6 Å². The minimum atomic E-state index is -0.267. The Bertz CT molecular complexity index is 435. The van der Waals surface area contributed by atoms with E-state index in [1.54, 1.807) is 39.4 Å². The molecule has 6 nitrogen and oxygen atoms in total. The number of nitrogens with one attached hydrogen (secondary N) is 1. The molecule has 1 aromatic rings. The number of nitrogens with zero attached hydrogens (tertiary/aromatic N) is 1. The van der Waals surface area contributed by atoms with Gasteiger partial charge in [-0.25, -0.2) is 0 Å². The van der Waals surface area contributed by atoms with Gasteiger partial charge >= 0.3 is 0 Å². The summed E-state index contributed by atoms with van der Waals surface area (Å²) in [6.45, 7) is 0.265. The summed E-state index contributed by atoms with van der Waals surface area (Å²) >= 11 is 0. The van der Waals surface area contributed by atoms with Gasteiger partial charge in [0.15, 0.2) is 0 Å². The van der Waals surface area contributed by atoms with Crippen molar-refractivity contribution in [3.05, 3.63) is 23.8 Å². The number of nitrogens with two attached hydrogens (primary N) is 1. The highest BCUT2D eigenvalue weighted by Gasteiger charge is 2.13. The van der Waals surface area contributed by atoms with Gasteiger partial charge in [0, 0.05) is 26.8 Å². The van der Waals surface area contributed by atoms with Crippen LogP contribution in [0.4, 0.5) is 11.4 Å². The van der Waals surface area contributed by atoms with E-state index in [0.29, 0.717) is 23.5 Å². The van der Waals surface area contributed by atoms with Crippen LogP contribution in [-0.2, 0) is 4.74 Å². The molecular weight excluding hydrogens is 246 g/mol. The van der Waals surface area contributed by atoms with Crippen molar-refractivity contribution in [1.29, 1.82) is 0 Å². The molecule has 106 valence electrons. The highest BCUT2D eigenvalue weighted by atomic mass is 16.5. The lowest BCUT2D eigenvalue weighted by molar-refractivity contribution is 0.0827. The number of aliphatic hydroxyl groups excluding tert-OH is 1. The average molecular weight is 267 g/mol. The molecule has 1 rings (SSSR count). The van der Waals surface area contributed by atoms with Gasteiger partial charge in [0.1, 0.15) is 0 Å². The smallest absolute Gasteiger partial charge is 0.253 e. The minimum Gasteiger partial charge on any atom is -0.397 e. The van der Waals surface area contributed by atoms with Crippen LogP contribution in [-0.4, -0.2) is 56.4 Å². The minimum absolute atomic E-state index is 0.0842. The van der Waals surface area contributed by atoms with Crippen LogP contribution >= 0.6 is 0 Å². The van der Waals surface area contributed by atoms with Gasteiger partial charge in [-0.05, 0) is 18.2 Å². The van der Waals surface area contributed by atoms with Crippen LogP contribution in [0.2, 0.25) is 0 Å². The van der Waals surface area contributed by atoms with E-state index < -0.39 is 0 Å². The van der Waals surface area contributed by atoms with E-state index in [4.69, 9.17) is 10.5 Å². The lowest BCUT2D eigenvalue weighted by Gasteiger charge is -2.19. The van der Waals surface area contributed by atoms with Gasteiger partial charge in [0.25, 0.3) is 5.91 Å². The molecule has 4 N–H and O–H groups in total. The second-order valence-corrected chi connectivity index (χ2v) is 4.48. The SMILES string of the molecule is COCC(CO)Nc1cc(C(=O)N(C)C)ccc1N. The Morgan fingerprint density at radius 3 is 2.74 bits per heavy atom. The fraction of sp³-hybridized carbons (Fsp3) is 0.462. The molecule has 0 bridgehead atoms. The molecule has 0 saturated carbocycles. The third-order valence-electron chi connectivity index (χ3n) is 2.65. The lowest BCUT2D eigenvalue weighted by atomic mass is 10.1. The van der Waals surface area contributed by atoms with Gasteiger partial charge < -0.3 is 25.8 Å². The predicted octanol–water partition coefficient (Wildman–Crippen LogP) is 0.390. The number of benzene rings is 1. The Labute approximate surface area is 113 Å². The molecule has 0 aliphatic heterocycles. The molecule has 0 spiro atoms. The van der Waals surface area contributed by atoms with Gasteiger partial charge in [0.05, 0.1) is 30.6 Å². The summed E-state index contributed by atoms with van der Waals surface area (Å²) in [5.74, 6) is -0.102. The quantitative estimate of drug-likeness (QED) is 0.649. The molecule has 0 radical (unpaired) electrons. The summed E-state index contributed by atoms with van der Waals surface area (Å²) in [5, 5.41) is 12.3. The number of aliphatic hydroxyl groups is 1. The summed E-state index contributed by atoms with van der Waals surface area (Å²) in [7, 11) is 4.93. The summed E-state index contributed by atoms with van der Waals surface area (Å²) in [6, 6.07) is 4.75. The van der Waals surface area contributed by atoms with Crippen LogP contribution in [0.25, 0.3) is 0 Å². The molecular formula is C13H21N3O3. The van der Waals surface area contributed by atoms with Crippen molar-refractivity contribution in [2.24, 2.45) is 0 Å². The van der Waals surface area contributed by atoms with Gasteiger partial charge in [-0.2, -0.15) is 0 Å². The summed E-state index contributed by atoms with van der Waals surface area (Å²) in [4.78, 5) is 13.4. The Balaban J connectivity index is 2.94. The highest BCUT2D eigenvalue weighted by Crippen LogP contribution is 2.21. The zero-order chi connectivity index (χ0) is 14.4. The first-order valence-corrected chi connectivity index (χ1v) is 5.97. The van der Waals surface area contributed by atoms with Crippen molar-refractivity contribution in [1.82, 2.24) is 4.90 Å². The number of nitrogen functional groups attached to an aromatic ring is 1. The first-order chi connectivity index (χ1) is 8.99. The normalized spacial score (nSPS) is 12.0. The van der Waals surface area contributed by atoms with E-state index >= 15 is 0 Å². The van der Waals surface area contributed by atoms with E-state index in [9.17, 15) is 9.90 Å². The van der Waals surface area contributed by atoms with Gasteiger partial charge in [-0.15, -0.1) is 0 Å². The maximum absolute atomic E-state index is 11.9. The van der Waals surface area contributed by atoms with Crippen LogP contribution in [0.3, 0.4) is 0 Å². The summed E-state index contributed by atoms with van der Waals surface area (Å²) in [5.41, 5.74) is 7.53. The molecule has 0 aromatic heterocycles. The first-order valence-electron chi connectivity index (χ1n) is 5.97. The van der Waals surface area contributed by atoms with E-state index in [1.165, 1.54) is 4.90 Å². The molecule has 1 atom stereocenters. The highest BCUT2D eigenvalue weighted by molar-refractivity contribution is 5.95. The fourth-order valence-electron chi connectivity index (χ4n) is 1.63. The topological polar surface area (TPSA) is 87.8 Å². The zero-order valence-corrected chi connectivity index (χ0v) is 11.5. The van der Waals surface area contributed by atoms with E-state index in [-0.39, 0.29) is 18.6 Å². The first kappa shape index (κ1) is 15.3. The number of amides is 1. The Morgan fingerprint density at radius 2 is 2.21 bits per heavy atom. The van der Waals surface area contributed by atoms with Gasteiger partial charge in [0.2, 0.25) is 0 Å². The Hall–Kier alpha value is -1.79. The van der Waals surface area contributed by atoms with E-state index in [1.807, 2.05) is 0 Å². The number of ether oxygens (including phenoxy) is 1. The number of hydrogen-bond acceptors (Lipinski definition) is 5. The van der Waals surface area contributed by atoms with Gasteiger partial charge in [-0.1, -0.05) is 0 Å². The Kier molecular flexibility index (Phi) is 5.59. The number of carbonyl (C=O) groups excluding carboxylic acids is 1. The van der Waals surface area contributed by atoms with Crippen LogP contribution in [0.15, 0.2) is 18.2 Å². The summed E-state index contributed by atoms with van der Waals surface area (Å²) in [6.07, 6.45) is 0. The van der Waals surface area contributed by atoms with Crippen LogP contribution in [0, 0.1) is 0 Å². The lowest BCUT2D eigenvalue weighted by Crippen LogP contribution is -2.29. The van der Waals surface area contributed by atoms with E-state index in [2.05, 4.69) is 5.32 Å². The predicted molar refractivity (Wildman–Crippen MR) is 75.2 cm³/mol. The van der Waals surface area contributed by atoms with Crippen molar-refractivity contribution in [2.75, 3.05) is 45.5 Å². The molecule has 0 heterocycles. The Morgan fingerprint density at radius 1 is 1.53 bits per heavy atom. The van der Waals surface area contributed by atoms with Crippen molar-refractivity contribution in [3.8, 4) is 0 Å². The second kappa shape index (κ2) is 6.96. The number of carbonyl (C=O) groups is 1. The number of methoxy groups -OCH3 is 1. The number of hydrogen-bond donors (Lipinski definition) is 3. The van der Waals surface area contributed by atoms with Crippen molar-refractivity contribution >= 4 is 17.3 Å². The molecule has 0 saturated heterocycles. The van der Waals surface area contributed by atoms with E-state index in [0.717, 1.165) is 0 Å². The molecule has 1 aromatic carbocycles. The maximum Gasteiger partial charge on any atom is 0.253 e. The summed E-state index contributed by atoms with van der Waals surface area (Å²) < 4.78 is 4.98. The molecule has 1 unspecified atom stereocenters. The molecule has 6 heteroatoms. The molecule has 19 heavy (non-hydrogen) atoms. The second-order valence-electron chi connectivity index (χ2n) is 4.48. The monoisotopic (exact) mass is 267 g/mol. The molecule has 0 fully saturated rings. The average Bonchev–Trinajstić information content (AvgIpc) is 2.39. The van der Waals surface area contributed by atoms with Crippen LogP contribution < -0.4 is 11.1 Å². The number of anilines is 2. The van der Waals surface area contributed by atoms with Crippen molar-refractivity contribution in [3.63, 3.8) is 0 Å². The maximum atomic E-state index is 11.9. The molecule has 0 aliphatic rings. The zero-order valence-electron chi connectivity index (χ0n) is 11.5. The third kappa shape index (κ3) is 4.11. The van der Waals surface area contributed by atoms with Crippen molar-refractivity contribution in [2.45, 2.75) is 6.04 Å². The van der Waals surface area contributed by atoms with Crippen LogP contribution in [0.1, 0.15) is 10.4 Å². The standard InChI is InChI=1S/C13H21N3O3/c1-16(2)13(18)9-4-5-11(14)12(6-9)15-10(7-17)8-19-3/h4-6,10,15,17H,7-8,14H2,1-3H3. The molecule has 1 amide bonds. The fourth-order valence-corrected chi connectivity index (χ4v) is 1.63. The third-order valence-corrected chi connectivity index (χ3v) is 2.65. The van der Waals surface area contributed by atoms with Crippen LogP contribution in [0.5, 0.6) is 0 Å². The number of rotatable bonds is 6.